The number of allylic oxidation sites excluding steroid dienone is 2. The van der Waals surface area contributed by atoms with Crippen molar-refractivity contribution in [3.05, 3.63) is 23.8 Å². The summed E-state index contributed by atoms with van der Waals surface area (Å²) in [6, 6.07) is 0. The molecule has 2 unspecified atom stereocenters. The van der Waals surface area contributed by atoms with E-state index in [1.54, 1.807) is 0 Å². The van der Waals surface area contributed by atoms with Gasteiger partial charge in [0.25, 0.3) is 0 Å². The lowest BCUT2D eigenvalue weighted by molar-refractivity contribution is 0.557. The molecule has 0 radical (unpaired) electrons. The summed E-state index contributed by atoms with van der Waals surface area (Å²) in [5.74, 6) is 0.678. The van der Waals surface area contributed by atoms with Gasteiger partial charge in [-0.2, -0.15) is 0 Å². The number of hydrogen-bond acceptors (Lipinski definition) is 1. The molecular formula is C9H13N. The van der Waals surface area contributed by atoms with Crippen molar-refractivity contribution < 1.29 is 0 Å². The molecule has 0 bridgehead atoms. The molecule has 1 fully saturated rings. The van der Waals surface area contributed by atoms with Crippen molar-refractivity contribution in [1.29, 1.82) is 0 Å². The zero-order chi connectivity index (χ0) is 7.19. The fraction of sp³-hybridized carbons (Fsp3) is 0.556. The summed E-state index contributed by atoms with van der Waals surface area (Å²) < 4.78 is 0. The molecule has 1 nitrogen and oxygen atoms in total. The van der Waals surface area contributed by atoms with Crippen LogP contribution in [-0.2, 0) is 0 Å². The molecule has 0 saturated carbocycles. The van der Waals surface area contributed by atoms with E-state index >= 15 is 0 Å². The first-order valence-electron chi connectivity index (χ1n) is 3.86. The van der Waals surface area contributed by atoms with Crippen molar-refractivity contribution in [1.82, 2.24) is 5.32 Å². The quantitative estimate of drug-likeness (QED) is 0.499. The highest BCUT2D eigenvalue weighted by Crippen LogP contribution is 2.37. The van der Waals surface area contributed by atoms with Crippen molar-refractivity contribution in [2.24, 2.45) is 5.92 Å². The summed E-state index contributed by atoms with van der Waals surface area (Å²) >= 11 is 0. The van der Waals surface area contributed by atoms with Gasteiger partial charge in [-0.25, -0.2) is 0 Å². The molecule has 0 amide bonds. The van der Waals surface area contributed by atoms with E-state index in [-0.39, 0.29) is 0 Å². The van der Waals surface area contributed by atoms with Crippen LogP contribution in [0.25, 0.3) is 0 Å². The van der Waals surface area contributed by atoms with Crippen LogP contribution in [0.2, 0.25) is 0 Å². The fourth-order valence-electron chi connectivity index (χ4n) is 1.73. The Morgan fingerprint density at radius 1 is 1.70 bits per heavy atom. The van der Waals surface area contributed by atoms with Crippen molar-refractivity contribution in [3.63, 3.8) is 0 Å². The van der Waals surface area contributed by atoms with Gasteiger partial charge in [0.15, 0.2) is 0 Å². The van der Waals surface area contributed by atoms with Gasteiger partial charge in [-0.15, -0.1) is 0 Å². The second-order valence-electron chi connectivity index (χ2n) is 3.35. The van der Waals surface area contributed by atoms with Crippen LogP contribution >= 0.6 is 0 Å². The molecule has 2 atom stereocenters. The van der Waals surface area contributed by atoms with Crippen LogP contribution in [0.3, 0.4) is 0 Å². The first-order chi connectivity index (χ1) is 4.76. The normalized spacial score (nSPS) is 43.8. The van der Waals surface area contributed by atoms with E-state index in [9.17, 15) is 0 Å². The van der Waals surface area contributed by atoms with Crippen LogP contribution in [0.5, 0.6) is 0 Å². The summed E-state index contributed by atoms with van der Waals surface area (Å²) in [4.78, 5) is 0. The number of rotatable bonds is 0. The first-order valence-corrected chi connectivity index (χ1v) is 3.86. The van der Waals surface area contributed by atoms with E-state index in [0.717, 1.165) is 0 Å². The molecule has 1 aliphatic heterocycles. The van der Waals surface area contributed by atoms with Gasteiger partial charge in [-0.3, -0.25) is 0 Å². The minimum absolute atomic E-state index is 0.370. The second kappa shape index (κ2) is 1.73. The van der Waals surface area contributed by atoms with E-state index in [1.165, 1.54) is 12.1 Å². The Labute approximate surface area is 61.8 Å². The molecule has 1 saturated heterocycles. The van der Waals surface area contributed by atoms with E-state index < -0.39 is 0 Å². The Kier molecular flexibility index (Phi) is 1.07. The second-order valence-corrected chi connectivity index (χ2v) is 3.35. The third-order valence-corrected chi connectivity index (χ3v) is 2.78. The smallest absolute Gasteiger partial charge is 0.0582 e. The lowest BCUT2D eigenvalue weighted by Crippen LogP contribution is -2.27. The maximum atomic E-state index is 3.43. The number of nitrogens with one attached hydrogen (secondary N) is 1. The molecule has 54 valence electrons. The van der Waals surface area contributed by atoms with E-state index in [0.29, 0.717) is 11.5 Å². The van der Waals surface area contributed by atoms with Crippen LogP contribution in [0, 0.1) is 5.92 Å². The third-order valence-electron chi connectivity index (χ3n) is 2.78. The Hall–Kier alpha value is -0.560. The molecule has 2 rings (SSSR count). The lowest BCUT2D eigenvalue weighted by Gasteiger charge is -2.22. The molecule has 0 aromatic rings. The van der Waals surface area contributed by atoms with Gasteiger partial charge in [0.1, 0.15) is 0 Å². The van der Waals surface area contributed by atoms with Crippen LogP contribution < -0.4 is 5.32 Å². The topological polar surface area (TPSA) is 21.9 Å². The Morgan fingerprint density at radius 3 is 2.80 bits per heavy atom. The fourth-order valence-corrected chi connectivity index (χ4v) is 1.73. The van der Waals surface area contributed by atoms with Crippen LogP contribution in [0.1, 0.15) is 13.8 Å². The average Bonchev–Trinajstić information content (AvgIpc) is 2.64. The van der Waals surface area contributed by atoms with Crippen LogP contribution in [0.4, 0.5) is 0 Å². The predicted octanol–water partition coefficient (Wildman–Crippen LogP) is 1.48. The minimum atomic E-state index is 0.370. The molecular weight excluding hydrogens is 122 g/mol. The summed E-state index contributed by atoms with van der Waals surface area (Å²) in [7, 11) is 0. The zero-order valence-electron chi connectivity index (χ0n) is 6.52. The molecule has 1 spiro atoms. The van der Waals surface area contributed by atoms with Crippen LogP contribution in [0.15, 0.2) is 23.8 Å². The minimum Gasteiger partial charge on any atom is -0.304 e. The molecule has 2 aliphatic rings. The van der Waals surface area contributed by atoms with Crippen molar-refractivity contribution in [2.75, 3.05) is 6.54 Å². The molecule has 10 heavy (non-hydrogen) atoms. The molecule has 1 heterocycles. The Bertz CT molecular complexity index is 209. The standard InChI is InChI=1S/C9H13N/c1-7-4-3-5-8(2)9(7)6-10-9/h3-5,7,10H,6H2,1-2H3. The Balaban J connectivity index is 2.33. The van der Waals surface area contributed by atoms with E-state index in [2.05, 4.69) is 37.4 Å². The van der Waals surface area contributed by atoms with Gasteiger partial charge in [-0.05, 0) is 12.8 Å². The molecule has 1 aliphatic carbocycles. The molecule has 1 heteroatoms. The lowest BCUT2D eigenvalue weighted by atomic mass is 9.84. The third kappa shape index (κ3) is 0.613. The van der Waals surface area contributed by atoms with Gasteiger partial charge in [0, 0.05) is 6.54 Å². The van der Waals surface area contributed by atoms with Gasteiger partial charge in [-0.1, -0.05) is 30.7 Å². The highest BCUT2D eigenvalue weighted by Gasteiger charge is 2.47. The highest BCUT2D eigenvalue weighted by molar-refractivity contribution is 5.37. The maximum Gasteiger partial charge on any atom is 0.0582 e. The number of hydrogen-bond donors (Lipinski definition) is 1. The molecule has 0 aromatic carbocycles. The van der Waals surface area contributed by atoms with Gasteiger partial charge >= 0.3 is 0 Å². The van der Waals surface area contributed by atoms with Crippen molar-refractivity contribution >= 4 is 0 Å². The average molecular weight is 135 g/mol. The zero-order valence-corrected chi connectivity index (χ0v) is 6.52. The summed E-state index contributed by atoms with van der Waals surface area (Å²) in [5.41, 5.74) is 1.86. The summed E-state index contributed by atoms with van der Waals surface area (Å²) in [6.45, 7) is 5.65. The predicted molar refractivity (Wildman–Crippen MR) is 42.8 cm³/mol. The van der Waals surface area contributed by atoms with Gasteiger partial charge in [0.2, 0.25) is 0 Å². The van der Waals surface area contributed by atoms with Crippen molar-refractivity contribution in [2.45, 2.75) is 19.4 Å². The summed E-state index contributed by atoms with van der Waals surface area (Å²) in [6.07, 6.45) is 6.64. The van der Waals surface area contributed by atoms with Gasteiger partial charge < -0.3 is 5.32 Å². The monoisotopic (exact) mass is 135 g/mol. The molecule has 1 N–H and O–H groups in total. The first kappa shape index (κ1) is 6.17. The largest absolute Gasteiger partial charge is 0.304 e. The summed E-state index contributed by atoms with van der Waals surface area (Å²) in [5, 5.41) is 3.43. The van der Waals surface area contributed by atoms with Gasteiger partial charge in [0.05, 0.1) is 5.54 Å². The van der Waals surface area contributed by atoms with E-state index in [4.69, 9.17) is 0 Å². The van der Waals surface area contributed by atoms with E-state index in [1.807, 2.05) is 0 Å². The Morgan fingerprint density at radius 2 is 2.40 bits per heavy atom. The maximum absolute atomic E-state index is 3.43. The highest BCUT2D eigenvalue weighted by atomic mass is 15.2. The van der Waals surface area contributed by atoms with Crippen LogP contribution in [-0.4, -0.2) is 12.1 Å². The van der Waals surface area contributed by atoms with Crippen molar-refractivity contribution in [3.8, 4) is 0 Å². The molecule has 0 aromatic heterocycles. The SMILES string of the molecule is CC1=CC=CC(C)C12CN2.